The third kappa shape index (κ3) is 2.75. The smallest absolute Gasteiger partial charge is 0.414 e. The lowest BCUT2D eigenvalue weighted by molar-refractivity contribution is -0.119. The average Bonchev–Trinajstić information content (AvgIpc) is 2.69. The highest BCUT2D eigenvalue weighted by Crippen LogP contribution is 2.20. The van der Waals surface area contributed by atoms with Crippen LogP contribution in [0.15, 0.2) is 30.3 Å². The molecule has 17 heavy (non-hydrogen) atoms. The number of rotatable bonds is 3. The number of carbonyl (C=O) groups is 2. The van der Waals surface area contributed by atoms with E-state index in [2.05, 4.69) is 5.32 Å². The van der Waals surface area contributed by atoms with Crippen molar-refractivity contribution in [2.75, 3.05) is 18.0 Å². The van der Waals surface area contributed by atoms with Crippen molar-refractivity contribution >= 4 is 17.7 Å². The Kier molecular flexibility index (Phi) is 3.27. The van der Waals surface area contributed by atoms with E-state index in [1.807, 2.05) is 30.3 Å². The number of nitrogens with one attached hydrogen (secondary N) is 1. The van der Waals surface area contributed by atoms with Gasteiger partial charge in [-0.25, -0.2) is 4.79 Å². The van der Waals surface area contributed by atoms with Crippen molar-refractivity contribution in [2.24, 2.45) is 0 Å². The molecular formula is C12H14N2O3. The maximum absolute atomic E-state index is 11.6. The van der Waals surface area contributed by atoms with Gasteiger partial charge in [-0.15, -0.1) is 0 Å². The normalized spacial score (nSPS) is 19.0. The molecule has 2 rings (SSSR count). The van der Waals surface area contributed by atoms with Crippen LogP contribution in [-0.2, 0) is 9.53 Å². The lowest BCUT2D eigenvalue weighted by Crippen LogP contribution is -2.33. The van der Waals surface area contributed by atoms with Gasteiger partial charge in [-0.2, -0.15) is 0 Å². The molecule has 1 fully saturated rings. The van der Waals surface area contributed by atoms with Gasteiger partial charge < -0.3 is 10.1 Å². The molecule has 1 N–H and O–H groups in total. The van der Waals surface area contributed by atoms with E-state index in [9.17, 15) is 9.59 Å². The van der Waals surface area contributed by atoms with E-state index in [4.69, 9.17) is 4.74 Å². The Hall–Kier alpha value is -2.04. The van der Waals surface area contributed by atoms with Gasteiger partial charge in [0.2, 0.25) is 5.91 Å². The first-order valence-electron chi connectivity index (χ1n) is 5.44. The van der Waals surface area contributed by atoms with E-state index in [0.29, 0.717) is 13.1 Å². The third-order valence-corrected chi connectivity index (χ3v) is 2.52. The maximum atomic E-state index is 11.6. The fourth-order valence-electron chi connectivity index (χ4n) is 1.70. The Morgan fingerprint density at radius 1 is 1.47 bits per heavy atom. The third-order valence-electron chi connectivity index (χ3n) is 2.52. The summed E-state index contributed by atoms with van der Waals surface area (Å²) >= 11 is 0. The van der Waals surface area contributed by atoms with Crippen molar-refractivity contribution < 1.29 is 14.3 Å². The van der Waals surface area contributed by atoms with Crippen LogP contribution in [0.25, 0.3) is 0 Å². The van der Waals surface area contributed by atoms with Gasteiger partial charge in [-0.1, -0.05) is 18.2 Å². The highest BCUT2D eigenvalue weighted by molar-refractivity contribution is 5.89. The summed E-state index contributed by atoms with van der Waals surface area (Å²) in [5.74, 6) is -0.126. The minimum atomic E-state index is -0.369. The van der Waals surface area contributed by atoms with Gasteiger partial charge in [-0.05, 0) is 12.1 Å². The molecule has 1 aromatic rings. The average molecular weight is 234 g/mol. The molecule has 0 aromatic heterocycles. The second-order valence-electron chi connectivity index (χ2n) is 3.89. The molecule has 1 heterocycles. The van der Waals surface area contributed by atoms with Gasteiger partial charge in [-0.3, -0.25) is 9.69 Å². The fourth-order valence-corrected chi connectivity index (χ4v) is 1.70. The molecular weight excluding hydrogens is 220 g/mol. The van der Waals surface area contributed by atoms with Crippen molar-refractivity contribution in [3.8, 4) is 0 Å². The minimum absolute atomic E-state index is 0.126. The summed E-state index contributed by atoms with van der Waals surface area (Å²) in [5, 5.41) is 2.64. The molecule has 1 atom stereocenters. The number of hydrogen-bond acceptors (Lipinski definition) is 3. The summed E-state index contributed by atoms with van der Waals surface area (Å²) in [5.41, 5.74) is 0.808. The van der Waals surface area contributed by atoms with Gasteiger partial charge in [0, 0.05) is 12.6 Å². The number of anilines is 1. The molecule has 0 unspecified atom stereocenters. The van der Waals surface area contributed by atoms with Gasteiger partial charge >= 0.3 is 6.09 Å². The number of para-hydroxylation sites is 1. The molecule has 1 saturated heterocycles. The van der Waals surface area contributed by atoms with E-state index in [1.54, 1.807) is 4.90 Å². The highest BCUT2D eigenvalue weighted by atomic mass is 16.6. The molecule has 0 aliphatic carbocycles. The largest absolute Gasteiger partial charge is 0.442 e. The van der Waals surface area contributed by atoms with E-state index < -0.39 is 0 Å². The number of hydrogen-bond donors (Lipinski definition) is 1. The molecule has 0 spiro atoms. The molecule has 0 radical (unpaired) electrons. The fraction of sp³-hybridized carbons (Fsp3) is 0.333. The molecule has 1 aromatic carbocycles. The van der Waals surface area contributed by atoms with Crippen LogP contribution in [0.2, 0.25) is 0 Å². The molecule has 1 aliphatic heterocycles. The SMILES string of the molecule is CC(=O)NC[C@H]1CN(c2ccccc2)C(=O)O1. The van der Waals surface area contributed by atoms with E-state index >= 15 is 0 Å². The van der Waals surface area contributed by atoms with Gasteiger partial charge in [0.25, 0.3) is 0 Å². The standard InChI is InChI=1S/C12H14N2O3/c1-9(15)13-7-11-8-14(12(16)17-11)10-5-3-2-4-6-10/h2-6,11H,7-8H2,1H3,(H,13,15)/t11-/m0/s1. The first-order valence-corrected chi connectivity index (χ1v) is 5.44. The predicted octanol–water partition coefficient (Wildman–Crippen LogP) is 1.15. The topological polar surface area (TPSA) is 58.6 Å². The van der Waals surface area contributed by atoms with Gasteiger partial charge in [0.05, 0.1) is 13.1 Å². The van der Waals surface area contributed by atoms with Crippen molar-refractivity contribution in [2.45, 2.75) is 13.0 Å². The maximum Gasteiger partial charge on any atom is 0.414 e. The van der Waals surface area contributed by atoms with Gasteiger partial charge in [0.15, 0.2) is 0 Å². The zero-order chi connectivity index (χ0) is 12.3. The number of carbonyl (C=O) groups excluding carboxylic acids is 2. The number of benzene rings is 1. The van der Waals surface area contributed by atoms with Crippen molar-refractivity contribution in [3.05, 3.63) is 30.3 Å². The zero-order valence-corrected chi connectivity index (χ0v) is 9.55. The second kappa shape index (κ2) is 4.86. The minimum Gasteiger partial charge on any atom is -0.442 e. The molecule has 0 bridgehead atoms. The van der Waals surface area contributed by atoms with Crippen LogP contribution in [-0.4, -0.2) is 31.2 Å². The molecule has 5 nitrogen and oxygen atoms in total. The Morgan fingerprint density at radius 2 is 2.18 bits per heavy atom. The van der Waals surface area contributed by atoms with E-state index in [0.717, 1.165) is 5.69 Å². The summed E-state index contributed by atoms with van der Waals surface area (Å²) in [6.07, 6.45) is -0.654. The molecule has 2 amide bonds. The van der Waals surface area contributed by atoms with Crippen LogP contribution >= 0.6 is 0 Å². The van der Waals surface area contributed by atoms with Crippen LogP contribution in [0.3, 0.4) is 0 Å². The summed E-state index contributed by atoms with van der Waals surface area (Å²) in [7, 11) is 0. The number of nitrogens with zero attached hydrogens (tertiary/aromatic N) is 1. The quantitative estimate of drug-likeness (QED) is 0.853. The van der Waals surface area contributed by atoms with Crippen molar-refractivity contribution in [3.63, 3.8) is 0 Å². The van der Waals surface area contributed by atoms with Crippen LogP contribution in [0, 0.1) is 0 Å². The lowest BCUT2D eigenvalue weighted by Gasteiger charge is -2.12. The molecule has 0 saturated carbocycles. The Labute approximate surface area is 99.4 Å². The van der Waals surface area contributed by atoms with E-state index in [-0.39, 0.29) is 18.1 Å². The summed E-state index contributed by atoms with van der Waals surface area (Å²) < 4.78 is 5.15. The number of amides is 2. The van der Waals surface area contributed by atoms with Gasteiger partial charge in [0.1, 0.15) is 6.10 Å². The lowest BCUT2D eigenvalue weighted by atomic mass is 10.3. The summed E-state index contributed by atoms with van der Waals surface area (Å²) in [6.45, 7) is 2.25. The van der Waals surface area contributed by atoms with Crippen LogP contribution in [0.1, 0.15) is 6.92 Å². The summed E-state index contributed by atoms with van der Waals surface area (Å²) in [4.78, 5) is 24.0. The number of ether oxygens (including phenoxy) is 1. The Balaban J connectivity index is 1.98. The van der Waals surface area contributed by atoms with Crippen LogP contribution in [0.5, 0.6) is 0 Å². The predicted molar refractivity (Wildman–Crippen MR) is 62.7 cm³/mol. The molecule has 5 heteroatoms. The first kappa shape index (κ1) is 11.4. The molecule has 1 aliphatic rings. The highest BCUT2D eigenvalue weighted by Gasteiger charge is 2.32. The monoisotopic (exact) mass is 234 g/mol. The van der Waals surface area contributed by atoms with E-state index in [1.165, 1.54) is 6.92 Å². The molecule has 90 valence electrons. The summed E-state index contributed by atoms with van der Waals surface area (Å²) in [6, 6.07) is 9.32. The second-order valence-corrected chi connectivity index (χ2v) is 3.89. The zero-order valence-electron chi connectivity index (χ0n) is 9.55. The Morgan fingerprint density at radius 3 is 2.82 bits per heavy atom. The number of cyclic esters (lactones) is 1. The van der Waals surface area contributed by atoms with Crippen LogP contribution in [0.4, 0.5) is 10.5 Å². The van der Waals surface area contributed by atoms with Crippen LogP contribution < -0.4 is 10.2 Å². The Bertz CT molecular complexity index is 419. The van der Waals surface area contributed by atoms with Crippen molar-refractivity contribution in [1.82, 2.24) is 5.32 Å². The first-order chi connectivity index (χ1) is 8.16. The van der Waals surface area contributed by atoms with Crippen molar-refractivity contribution in [1.29, 1.82) is 0 Å².